The summed E-state index contributed by atoms with van der Waals surface area (Å²) in [6, 6.07) is 1.99. The van der Waals surface area contributed by atoms with Crippen LogP contribution < -0.4 is 0 Å². The zero-order valence-electron chi connectivity index (χ0n) is 7.38. The maximum Gasteiger partial charge on any atom is 0.150 e. The number of carbonyl (C=O) groups excluding carboxylic acids is 1. The van der Waals surface area contributed by atoms with Crippen LogP contribution in [0, 0.1) is 0 Å². The number of rotatable bonds is 5. The van der Waals surface area contributed by atoms with Crippen LogP contribution in [-0.2, 0) is 6.42 Å². The van der Waals surface area contributed by atoms with Crippen LogP contribution in [0.3, 0.4) is 0 Å². The summed E-state index contributed by atoms with van der Waals surface area (Å²) in [5.41, 5.74) is 0.825. The van der Waals surface area contributed by atoms with E-state index in [0.29, 0.717) is 0 Å². The molecule has 0 amide bonds. The van der Waals surface area contributed by atoms with E-state index in [1.54, 1.807) is 11.3 Å². The van der Waals surface area contributed by atoms with Crippen molar-refractivity contribution < 1.29 is 4.79 Å². The molecule has 0 radical (unpaired) electrons. The summed E-state index contributed by atoms with van der Waals surface area (Å²) >= 11 is 1.69. The summed E-state index contributed by atoms with van der Waals surface area (Å²) in [5.74, 6) is 0. The molecule has 2 heteroatoms. The van der Waals surface area contributed by atoms with Crippen LogP contribution in [-0.4, -0.2) is 6.29 Å². The zero-order chi connectivity index (χ0) is 8.81. The van der Waals surface area contributed by atoms with Crippen LogP contribution in [0.25, 0.3) is 0 Å². The highest BCUT2D eigenvalue weighted by molar-refractivity contribution is 7.10. The minimum atomic E-state index is 0.825. The molecule has 1 rings (SSSR count). The smallest absolute Gasteiger partial charge is 0.150 e. The molecule has 0 aliphatic carbocycles. The molecule has 0 N–H and O–H groups in total. The number of thiophene rings is 1. The van der Waals surface area contributed by atoms with Crippen LogP contribution in [0.1, 0.15) is 41.4 Å². The van der Waals surface area contributed by atoms with Crippen molar-refractivity contribution in [3.63, 3.8) is 0 Å². The van der Waals surface area contributed by atoms with Gasteiger partial charge in [0.2, 0.25) is 0 Å². The molecule has 0 unspecified atom stereocenters. The Balaban J connectivity index is 2.36. The van der Waals surface area contributed by atoms with E-state index in [2.05, 4.69) is 6.92 Å². The second-order valence-electron chi connectivity index (χ2n) is 2.92. The maximum atomic E-state index is 10.4. The minimum absolute atomic E-state index is 0.825. The van der Waals surface area contributed by atoms with Gasteiger partial charge in [-0.3, -0.25) is 4.79 Å². The molecule has 0 bridgehead atoms. The maximum absolute atomic E-state index is 10.4. The lowest BCUT2D eigenvalue weighted by Crippen LogP contribution is -1.79. The second-order valence-corrected chi connectivity index (χ2v) is 3.92. The van der Waals surface area contributed by atoms with E-state index in [4.69, 9.17) is 0 Å². The Morgan fingerprint density at radius 1 is 1.50 bits per heavy atom. The van der Waals surface area contributed by atoms with Gasteiger partial charge in [-0.1, -0.05) is 19.8 Å². The van der Waals surface area contributed by atoms with Crippen molar-refractivity contribution in [2.45, 2.75) is 32.6 Å². The number of hydrogen-bond donors (Lipinski definition) is 0. The fourth-order valence-electron chi connectivity index (χ4n) is 1.14. The van der Waals surface area contributed by atoms with Crippen molar-refractivity contribution in [3.8, 4) is 0 Å². The van der Waals surface area contributed by atoms with Gasteiger partial charge in [0.1, 0.15) is 0 Å². The molecule has 0 atom stereocenters. The monoisotopic (exact) mass is 182 g/mol. The Morgan fingerprint density at radius 3 is 2.92 bits per heavy atom. The number of carbonyl (C=O) groups is 1. The predicted molar refractivity (Wildman–Crippen MR) is 52.9 cm³/mol. The summed E-state index contributed by atoms with van der Waals surface area (Å²) in [7, 11) is 0. The molecule has 1 heterocycles. The van der Waals surface area contributed by atoms with Crippen molar-refractivity contribution in [3.05, 3.63) is 21.9 Å². The van der Waals surface area contributed by atoms with Gasteiger partial charge in [-0.15, -0.1) is 11.3 Å². The highest BCUT2D eigenvalue weighted by Crippen LogP contribution is 2.15. The molecular formula is C10H14OS. The van der Waals surface area contributed by atoms with E-state index >= 15 is 0 Å². The highest BCUT2D eigenvalue weighted by Gasteiger charge is 1.97. The molecule has 0 aliphatic heterocycles. The molecule has 0 fully saturated rings. The molecule has 1 aromatic heterocycles. The Kier molecular flexibility index (Phi) is 4.01. The first-order chi connectivity index (χ1) is 5.86. The molecule has 0 aromatic carbocycles. The van der Waals surface area contributed by atoms with Gasteiger partial charge in [0, 0.05) is 15.8 Å². The van der Waals surface area contributed by atoms with Crippen molar-refractivity contribution in [1.82, 2.24) is 0 Å². The van der Waals surface area contributed by atoms with Gasteiger partial charge >= 0.3 is 0 Å². The third-order valence-electron chi connectivity index (χ3n) is 1.84. The van der Waals surface area contributed by atoms with E-state index < -0.39 is 0 Å². The number of aldehydes is 1. The quantitative estimate of drug-likeness (QED) is 0.504. The van der Waals surface area contributed by atoms with E-state index in [-0.39, 0.29) is 0 Å². The van der Waals surface area contributed by atoms with Crippen molar-refractivity contribution in [2.24, 2.45) is 0 Å². The van der Waals surface area contributed by atoms with Crippen LogP contribution >= 0.6 is 11.3 Å². The molecule has 66 valence electrons. The third-order valence-corrected chi connectivity index (χ3v) is 2.85. The normalized spacial score (nSPS) is 10.1. The molecule has 0 spiro atoms. The third kappa shape index (κ3) is 2.78. The average molecular weight is 182 g/mol. The average Bonchev–Trinajstić information content (AvgIpc) is 2.53. The summed E-state index contributed by atoms with van der Waals surface area (Å²) in [6.07, 6.45) is 5.84. The molecular weight excluding hydrogens is 168 g/mol. The highest BCUT2D eigenvalue weighted by atomic mass is 32.1. The Labute approximate surface area is 77.4 Å². The molecule has 0 saturated heterocycles. The van der Waals surface area contributed by atoms with Gasteiger partial charge in [-0.25, -0.2) is 0 Å². The van der Waals surface area contributed by atoms with Crippen LogP contribution in [0.5, 0.6) is 0 Å². The lowest BCUT2D eigenvalue weighted by Gasteiger charge is -1.93. The van der Waals surface area contributed by atoms with Gasteiger partial charge in [0.05, 0.1) is 0 Å². The van der Waals surface area contributed by atoms with Crippen LogP contribution in [0.15, 0.2) is 11.4 Å². The first-order valence-corrected chi connectivity index (χ1v) is 5.27. The van der Waals surface area contributed by atoms with E-state index in [9.17, 15) is 4.79 Å². The Hall–Kier alpha value is -0.630. The van der Waals surface area contributed by atoms with Crippen LogP contribution in [0.2, 0.25) is 0 Å². The van der Waals surface area contributed by atoms with E-state index in [1.807, 2.05) is 11.4 Å². The van der Waals surface area contributed by atoms with E-state index in [1.165, 1.54) is 24.1 Å². The van der Waals surface area contributed by atoms with Gasteiger partial charge in [0.25, 0.3) is 0 Å². The van der Waals surface area contributed by atoms with Crippen molar-refractivity contribution in [2.75, 3.05) is 0 Å². The first kappa shape index (κ1) is 9.46. The topological polar surface area (TPSA) is 17.1 Å². The fraction of sp³-hybridized carbons (Fsp3) is 0.500. The summed E-state index contributed by atoms with van der Waals surface area (Å²) < 4.78 is 0. The first-order valence-electron chi connectivity index (χ1n) is 4.39. The molecule has 0 aliphatic rings. The number of hydrogen-bond acceptors (Lipinski definition) is 2. The second kappa shape index (κ2) is 5.09. The lowest BCUT2D eigenvalue weighted by atomic mass is 10.2. The SMILES string of the molecule is CCCCCc1cc(C=O)cs1. The molecule has 12 heavy (non-hydrogen) atoms. The predicted octanol–water partition coefficient (Wildman–Crippen LogP) is 3.29. The van der Waals surface area contributed by atoms with Crippen molar-refractivity contribution >= 4 is 17.6 Å². The van der Waals surface area contributed by atoms with Gasteiger partial charge in [-0.05, 0) is 18.9 Å². The molecule has 0 saturated carbocycles. The molecule has 1 nitrogen and oxygen atoms in total. The summed E-state index contributed by atoms with van der Waals surface area (Å²) in [4.78, 5) is 11.7. The summed E-state index contributed by atoms with van der Waals surface area (Å²) in [5, 5.41) is 1.92. The van der Waals surface area contributed by atoms with Gasteiger partial charge < -0.3 is 0 Å². The Bertz CT molecular complexity index is 240. The van der Waals surface area contributed by atoms with E-state index in [0.717, 1.165) is 18.3 Å². The minimum Gasteiger partial charge on any atom is -0.298 e. The lowest BCUT2D eigenvalue weighted by molar-refractivity contribution is 0.112. The van der Waals surface area contributed by atoms with Gasteiger partial charge in [-0.2, -0.15) is 0 Å². The zero-order valence-corrected chi connectivity index (χ0v) is 8.19. The summed E-state index contributed by atoms with van der Waals surface area (Å²) in [6.45, 7) is 2.20. The molecule has 1 aromatic rings. The standard InChI is InChI=1S/C10H14OS/c1-2-3-4-5-10-6-9(7-11)8-12-10/h6-8H,2-5H2,1H3. The van der Waals surface area contributed by atoms with Gasteiger partial charge in [0.15, 0.2) is 6.29 Å². The largest absolute Gasteiger partial charge is 0.298 e. The van der Waals surface area contributed by atoms with Crippen molar-refractivity contribution in [1.29, 1.82) is 0 Å². The Morgan fingerprint density at radius 2 is 2.33 bits per heavy atom. The number of aryl methyl sites for hydroxylation is 1. The van der Waals surface area contributed by atoms with Crippen LogP contribution in [0.4, 0.5) is 0 Å². The number of unbranched alkanes of at least 4 members (excludes halogenated alkanes) is 2. The fourth-order valence-corrected chi connectivity index (χ4v) is 2.02.